The summed E-state index contributed by atoms with van der Waals surface area (Å²) >= 11 is 9.44. The molecule has 0 radical (unpaired) electrons. The van der Waals surface area contributed by atoms with Crippen LogP contribution in [0.2, 0.25) is 5.02 Å². The van der Waals surface area contributed by atoms with Crippen LogP contribution in [0.25, 0.3) is 0 Å². The number of benzene rings is 3. The number of hydrogen-bond donors (Lipinski definition) is 1. The smallest absolute Gasteiger partial charge is 0.175 e. The molecule has 3 aromatic rings. The molecule has 0 aliphatic rings. The third-order valence-corrected chi connectivity index (χ3v) is 5.17. The van der Waals surface area contributed by atoms with E-state index in [0.717, 1.165) is 21.3 Å². The molecule has 0 aliphatic heterocycles. The molecular weight excluding hydrogens is 457 g/mol. The molecule has 0 unspecified atom stereocenters. The van der Waals surface area contributed by atoms with E-state index in [1.54, 1.807) is 12.1 Å². The highest BCUT2D eigenvalue weighted by Gasteiger charge is 2.13. The Morgan fingerprint density at radius 1 is 1.00 bits per heavy atom. The summed E-state index contributed by atoms with van der Waals surface area (Å²) in [6.07, 6.45) is 0. The van der Waals surface area contributed by atoms with Gasteiger partial charge in [0.05, 0.1) is 16.1 Å². The molecule has 0 saturated carbocycles. The maximum atomic E-state index is 13.3. The molecule has 3 nitrogen and oxygen atoms in total. The summed E-state index contributed by atoms with van der Waals surface area (Å²) in [4.78, 5) is 0. The average molecular weight is 479 g/mol. The summed E-state index contributed by atoms with van der Waals surface area (Å²) in [5.74, 6) is 0.901. The zero-order valence-electron chi connectivity index (χ0n) is 16.3. The van der Waals surface area contributed by atoms with E-state index in [1.807, 2.05) is 19.1 Å². The Morgan fingerprint density at radius 3 is 2.45 bits per heavy atom. The molecule has 3 rings (SSSR count). The van der Waals surface area contributed by atoms with Crippen LogP contribution >= 0.6 is 27.5 Å². The van der Waals surface area contributed by atoms with Crippen molar-refractivity contribution in [2.45, 2.75) is 27.0 Å². The molecule has 0 bridgehead atoms. The minimum Gasteiger partial charge on any atom is -0.490 e. The first-order valence-electron chi connectivity index (χ1n) is 9.28. The van der Waals surface area contributed by atoms with Crippen molar-refractivity contribution in [1.29, 1.82) is 0 Å². The van der Waals surface area contributed by atoms with E-state index in [1.165, 1.54) is 11.6 Å². The van der Waals surface area contributed by atoms with Gasteiger partial charge in [0, 0.05) is 12.2 Å². The van der Waals surface area contributed by atoms with Gasteiger partial charge in [-0.25, -0.2) is 4.39 Å². The second-order valence-electron chi connectivity index (χ2n) is 6.59. The van der Waals surface area contributed by atoms with Gasteiger partial charge >= 0.3 is 0 Å². The summed E-state index contributed by atoms with van der Waals surface area (Å²) in [6.45, 7) is 5.49. The fraction of sp³-hybridized carbons (Fsp3) is 0.217. The van der Waals surface area contributed by atoms with E-state index in [2.05, 4.69) is 52.4 Å². The molecule has 0 fully saturated rings. The molecule has 0 aliphatic carbocycles. The summed E-state index contributed by atoms with van der Waals surface area (Å²) in [5.41, 5.74) is 4.03. The molecule has 0 heterocycles. The van der Waals surface area contributed by atoms with Gasteiger partial charge in [0.15, 0.2) is 11.5 Å². The van der Waals surface area contributed by atoms with Crippen LogP contribution in [0.4, 0.5) is 10.1 Å². The van der Waals surface area contributed by atoms with E-state index < -0.39 is 5.82 Å². The number of hydrogen-bond acceptors (Lipinski definition) is 3. The van der Waals surface area contributed by atoms with Gasteiger partial charge in [-0.3, -0.25) is 0 Å². The number of anilines is 1. The second-order valence-corrected chi connectivity index (χ2v) is 7.86. The lowest BCUT2D eigenvalue weighted by Crippen LogP contribution is -2.04. The Morgan fingerprint density at radius 2 is 1.76 bits per heavy atom. The molecule has 1 N–H and O–H groups in total. The van der Waals surface area contributed by atoms with Crippen LogP contribution in [-0.4, -0.2) is 6.61 Å². The van der Waals surface area contributed by atoms with Crippen molar-refractivity contribution >= 4 is 33.2 Å². The number of rotatable bonds is 8. The van der Waals surface area contributed by atoms with Crippen LogP contribution in [0, 0.1) is 12.7 Å². The summed E-state index contributed by atoms with van der Waals surface area (Å²) in [5, 5.41) is 3.33. The predicted molar refractivity (Wildman–Crippen MR) is 120 cm³/mol. The SMILES string of the molecule is CCOc1cc(CNc2ccc(F)c(Cl)c2)cc(Br)c1OCc1ccc(C)cc1. The van der Waals surface area contributed by atoms with Crippen LogP contribution < -0.4 is 14.8 Å². The van der Waals surface area contributed by atoms with Crippen LogP contribution in [0.3, 0.4) is 0 Å². The van der Waals surface area contributed by atoms with Crippen molar-refractivity contribution in [3.8, 4) is 11.5 Å². The van der Waals surface area contributed by atoms with Crippen LogP contribution in [0.5, 0.6) is 11.5 Å². The third kappa shape index (κ3) is 5.87. The van der Waals surface area contributed by atoms with Gasteiger partial charge in [-0.1, -0.05) is 41.4 Å². The van der Waals surface area contributed by atoms with Crippen molar-refractivity contribution < 1.29 is 13.9 Å². The number of aryl methyl sites for hydroxylation is 1. The largest absolute Gasteiger partial charge is 0.490 e. The standard InChI is InChI=1S/C23H22BrClFNO2/c1-3-28-22-11-17(13-27-18-8-9-21(26)20(25)12-18)10-19(24)23(22)29-14-16-6-4-15(2)5-7-16/h4-12,27H,3,13-14H2,1-2H3. The van der Waals surface area contributed by atoms with Crippen molar-refractivity contribution in [2.24, 2.45) is 0 Å². The maximum Gasteiger partial charge on any atom is 0.175 e. The molecule has 0 amide bonds. The Balaban J connectivity index is 1.74. The average Bonchev–Trinajstić information content (AvgIpc) is 2.70. The highest BCUT2D eigenvalue weighted by Crippen LogP contribution is 2.37. The topological polar surface area (TPSA) is 30.5 Å². The van der Waals surface area contributed by atoms with Crippen LogP contribution in [0.1, 0.15) is 23.6 Å². The van der Waals surface area contributed by atoms with Gasteiger partial charge in [-0.15, -0.1) is 0 Å². The van der Waals surface area contributed by atoms with Crippen LogP contribution in [0.15, 0.2) is 59.1 Å². The Bertz CT molecular complexity index is 979. The first-order valence-corrected chi connectivity index (χ1v) is 10.5. The zero-order valence-corrected chi connectivity index (χ0v) is 18.6. The monoisotopic (exact) mass is 477 g/mol. The van der Waals surface area contributed by atoms with E-state index in [4.69, 9.17) is 21.1 Å². The highest BCUT2D eigenvalue weighted by molar-refractivity contribution is 9.10. The fourth-order valence-corrected chi connectivity index (χ4v) is 3.56. The number of ether oxygens (including phenoxy) is 2. The van der Waals surface area contributed by atoms with Gasteiger partial charge in [0.25, 0.3) is 0 Å². The molecular formula is C23H22BrClFNO2. The molecule has 0 saturated heterocycles. The highest BCUT2D eigenvalue weighted by atomic mass is 79.9. The van der Waals surface area contributed by atoms with Gasteiger partial charge in [-0.2, -0.15) is 0 Å². The number of nitrogens with one attached hydrogen (secondary N) is 1. The minimum absolute atomic E-state index is 0.0889. The van der Waals surface area contributed by atoms with Gasteiger partial charge in [0.2, 0.25) is 0 Å². The maximum absolute atomic E-state index is 13.3. The van der Waals surface area contributed by atoms with Crippen molar-refractivity contribution in [1.82, 2.24) is 0 Å². The van der Waals surface area contributed by atoms with Crippen molar-refractivity contribution in [2.75, 3.05) is 11.9 Å². The summed E-state index contributed by atoms with van der Waals surface area (Å²) in [6, 6.07) is 16.7. The lowest BCUT2D eigenvalue weighted by atomic mass is 10.1. The Kier molecular flexibility index (Phi) is 7.40. The molecule has 29 heavy (non-hydrogen) atoms. The lowest BCUT2D eigenvalue weighted by Gasteiger charge is -2.16. The number of halogens is 3. The molecule has 6 heteroatoms. The molecule has 0 atom stereocenters. The predicted octanol–water partition coefficient (Wildman–Crippen LogP) is 7.14. The van der Waals surface area contributed by atoms with E-state index >= 15 is 0 Å². The third-order valence-electron chi connectivity index (χ3n) is 4.29. The minimum atomic E-state index is -0.436. The lowest BCUT2D eigenvalue weighted by molar-refractivity contribution is 0.267. The molecule has 0 aromatic heterocycles. The van der Waals surface area contributed by atoms with Gasteiger partial charge < -0.3 is 14.8 Å². The fourth-order valence-electron chi connectivity index (χ4n) is 2.78. The summed E-state index contributed by atoms with van der Waals surface area (Å²) in [7, 11) is 0. The van der Waals surface area contributed by atoms with E-state index in [9.17, 15) is 4.39 Å². The Labute approximate surface area is 183 Å². The van der Waals surface area contributed by atoms with Crippen LogP contribution in [-0.2, 0) is 13.2 Å². The zero-order chi connectivity index (χ0) is 20.8. The normalized spacial score (nSPS) is 10.7. The Hall–Kier alpha value is -2.24. The molecule has 152 valence electrons. The quantitative estimate of drug-likeness (QED) is 0.373. The van der Waals surface area contributed by atoms with Crippen molar-refractivity contribution in [3.05, 3.63) is 86.6 Å². The van der Waals surface area contributed by atoms with Gasteiger partial charge in [-0.05, 0) is 71.2 Å². The van der Waals surface area contributed by atoms with Crippen molar-refractivity contribution in [3.63, 3.8) is 0 Å². The van der Waals surface area contributed by atoms with E-state index in [-0.39, 0.29) is 5.02 Å². The summed E-state index contributed by atoms with van der Waals surface area (Å²) < 4.78 is 26.0. The molecule has 0 spiro atoms. The van der Waals surface area contributed by atoms with Gasteiger partial charge in [0.1, 0.15) is 12.4 Å². The molecule has 3 aromatic carbocycles. The first-order chi connectivity index (χ1) is 14.0. The second kappa shape index (κ2) is 9.99. The first kappa shape index (κ1) is 21.5. The van der Waals surface area contributed by atoms with E-state index in [0.29, 0.717) is 31.3 Å².